The van der Waals surface area contributed by atoms with Gasteiger partial charge in [0, 0.05) is 22.1 Å². The summed E-state index contributed by atoms with van der Waals surface area (Å²) >= 11 is 9.28. The number of nitrogens with one attached hydrogen (secondary N) is 1. The van der Waals surface area contributed by atoms with Gasteiger partial charge in [0.05, 0.1) is 11.9 Å². The molecule has 2 aromatic rings. The summed E-state index contributed by atoms with van der Waals surface area (Å²) in [6.45, 7) is 4.97. The van der Waals surface area contributed by atoms with E-state index in [0.29, 0.717) is 10.7 Å². The maximum Gasteiger partial charge on any atom is 0.244 e. The van der Waals surface area contributed by atoms with Crippen LogP contribution >= 0.6 is 27.5 Å². The maximum absolute atomic E-state index is 13.3. The van der Waals surface area contributed by atoms with Crippen LogP contribution in [0.1, 0.15) is 26.3 Å². The van der Waals surface area contributed by atoms with E-state index in [-0.39, 0.29) is 18.5 Å². The monoisotopic (exact) mass is 543 g/mol. The predicted molar refractivity (Wildman–Crippen MR) is 131 cm³/mol. The van der Waals surface area contributed by atoms with E-state index in [9.17, 15) is 18.0 Å². The second kappa shape index (κ2) is 11.2. The molecule has 0 aliphatic heterocycles. The minimum Gasteiger partial charge on any atom is -0.352 e. The van der Waals surface area contributed by atoms with Crippen molar-refractivity contribution in [1.82, 2.24) is 10.2 Å². The Hall–Kier alpha value is -2.10. The van der Waals surface area contributed by atoms with Crippen LogP contribution in [0.5, 0.6) is 0 Å². The van der Waals surface area contributed by atoms with Gasteiger partial charge in [-0.15, -0.1) is 0 Å². The van der Waals surface area contributed by atoms with Crippen LogP contribution in [0.3, 0.4) is 0 Å². The lowest BCUT2D eigenvalue weighted by Crippen LogP contribution is -2.52. The molecule has 1 atom stereocenters. The molecule has 0 spiro atoms. The molecule has 10 heteroatoms. The van der Waals surface area contributed by atoms with Crippen LogP contribution in [-0.2, 0) is 26.2 Å². The van der Waals surface area contributed by atoms with Crippen LogP contribution in [0.25, 0.3) is 0 Å². The van der Waals surface area contributed by atoms with Gasteiger partial charge in [-0.1, -0.05) is 39.7 Å². The Morgan fingerprint density at radius 1 is 1.03 bits per heavy atom. The first-order valence-corrected chi connectivity index (χ1v) is 13.0. The number of carbonyl (C=O) groups is 2. The predicted octanol–water partition coefficient (Wildman–Crippen LogP) is 3.81. The zero-order valence-corrected chi connectivity index (χ0v) is 21.5. The van der Waals surface area contributed by atoms with Gasteiger partial charge in [0.15, 0.2) is 0 Å². The molecule has 2 rings (SSSR count). The Bertz CT molecular complexity index is 1040. The molecule has 0 aromatic heterocycles. The van der Waals surface area contributed by atoms with E-state index in [0.717, 1.165) is 20.6 Å². The summed E-state index contributed by atoms with van der Waals surface area (Å²) < 4.78 is 26.8. The van der Waals surface area contributed by atoms with Crippen LogP contribution in [0.15, 0.2) is 53.0 Å². The van der Waals surface area contributed by atoms with Crippen LogP contribution in [-0.4, -0.2) is 50.0 Å². The molecule has 2 amide bonds. The van der Waals surface area contributed by atoms with Crippen molar-refractivity contribution in [2.45, 2.75) is 39.4 Å². The van der Waals surface area contributed by atoms with Gasteiger partial charge in [-0.3, -0.25) is 13.9 Å². The minimum absolute atomic E-state index is 0.104. The van der Waals surface area contributed by atoms with Gasteiger partial charge < -0.3 is 10.2 Å². The smallest absolute Gasteiger partial charge is 0.244 e. The first kappa shape index (κ1) is 26.2. The Labute approximate surface area is 202 Å². The molecule has 2 aromatic carbocycles. The molecular formula is C22H27BrClN3O4S. The number of carbonyl (C=O) groups excluding carboxylic acids is 2. The lowest BCUT2D eigenvalue weighted by Gasteiger charge is -2.32. The summed E-state index contributed by atoms with van der Waals surface area (Å²) in [6, 6.07) is 12.6. The van der Waals surface area contributed by atoms with E-state index >= 15 is 0 Å². The number of benzene rings is 2. The third-order valence-electron chi connectivity index (χ3n) is 4.66. The zero-order chi connectivity index (χ0) is 24.1. The molecule has 1 N–H and O–H groups in total. The maximum atomic E-state index is 13.3. The highest BCUT2D eigenvalue weighted by Gasteiger charge is 2.30. The highest BCUT2D eigenvalue weighted by Crippen LogP contribution is 2.22. The largest absolute Gasteiger partial charge is 0.352 e. The van der Waals surface area contributed by atoms with E-state index < -0.39 is 28.5 Å². The van der Waals surface area contributed by atoms with Crippen molar-refractivity contribution in [3.8, 4) is 0 Å². The first-order chi connectivity index (χ1) is 14.9. The number of hydrogen-bond donors (Lipinski definition) is 1. The number of amides is 2. The Morgan fingerprint density at radius 3 is 2.09 bits per heavy atom. The van der Waals surface area contributed by atoms with Crippen molar-refractivity contribution in [1.29, 1.82) is 0 Å². The van der Waals surface area contributed by atoms with Crippen molar-refractivity contribution in [2.75, 3.05) is 17.1 Å². The van der Waals surface area contributed by atoms with Gasteiger partial charge in [-0.2, -0.15) is 0 Å². The Balaban J connectivity index is 2.36. The van der Waals surface area contributed by atoms with Gasteiger partial charge >= 0.3 is 0 Å². The molecule has 0 bridgehead atoms. The molecule has 174 valence electrons. The normalized spacial score (nSPS) is 12.3. The van der Waals surface area contributed by atoms with E-state index in [1.54, 1.807) is 55.5 Å². The molecule has 0 aliphatic rings. The Morgan fingerprint density at radius 2 is 1.59 bits per heavy atom. The van der Waals surface area contributed by atoms with Crippen LogP contribution in [0, 0.1) is 0 Å². The number of sulfonamides is 1. The summed E-state index contributed by atoms with van der Waals surface area (Å²) in [6.07, 6.45) is 1.04. The van der Waals surface area contributed by atoms with Gasteiger partial charge in [-0.05, 0) is 62.7 Å². The molecule has 7 nitrogen and oxygen atoms in total. The lowest BCUT2D eigenvalue weighted by molar-refractivity contribution is -0.139. The van der Waals surface area contributed by atoms with E-state index in [4.69, 9.17) is 11.6 Å². The third-order valence-corrected chi connectivity index (χ3v) is 6.58. The summed E-state index contributed by atoms with van der Waals surface area (Å²) in [5.41, 5.74) is 1.12. The average Bonchev–Trinajstić information content (AvgIpc) is 2.70. The second-order valence-corrected chi connectivity index (χ2v) is 11.0. The molecule has 0 unspecified atom stereocenters. The summed E-state index contributed by atoms with van der Waals surface area (Å²) in [5, 5.41) is 3.35. The van der Waals surface area contributed by atoms with Gasteiger partial charge in [0.2, 0.25) is 21.8 Å². The standard InChI is InChI=1S/C22H27BrClN3O4S/c1-15(2)25-22(29)16(3)26(13-17-5-9-19(24)10-6-17)21(28)14-27(32(4,30)31)20-11-7-18(23)8-12-20/h5-12,15-16H,13-14H2,1-4H3,(H,25,29)/t16-/m1/s1. The lowest BCUT2D eigenvalue weighted by atomic mass is 10.1. The minimum atomic E-state index is -3.75. The van der Waals surface area contributed by atoms with Gasteiger partial charge in [-0.25, -0.2) is 8.42 Å². The third kappa shape index (κ3) is 7.50. The summed E-state index contributed by atoms with van der Waals surface area (Å²) in [5.74, 6) is -0.823. The van der Waals surface area contributed by atoms with Crippen molar-refractivity contribution in [2.24, 2.45) is 0 Å². The van der Waals surface area contributed by atoms with Crippen molar-refractivity contribution in [3.63, 3.8) is 0 Å². The van der Waals surface area contributed by atoms with Gasteiger partial charge in [0.25, 0.3) is 0 Å². The highest BCUT2D eigenvalue weighted by atomic mass is 79.9. The fourth-order valence-corrected chi connectivity index (χ4v) is 4.24. The van der Waals surface area contributed by atoms with Crippen molar-refractivity contribution < 1.29 is 18.0 Å². The topological polar surface area (TPSA) is 86.8 Å². The van der Waals surface area contributed by atoms with Crippen molar-refractivity contribution in [3.05, 3.63) is 63.6 Å². The van der Waals surface area contributed by atoms with Crippen LogP contribution in [0.2, 0.25) is 5.02 Å². The second-order valence-electron chi connectivity index (χ2n) is 7.73. The fourth-order valence-electron chi connectivity index (χ4n) is 3.00. The van der Waals surface area contributed by atoms with E-state index in [1.807, 2.05) is 13.8 Å². The Kier molecular flexibility index (Phi) is 9.12. The zero-order valence-electron chi connectivity index (χ0n) is 18.4. The number of nitrogens with zero attached hydrogens (tertiary/aromatic N) is 2. The molecule has 0 heterocycles. The summed E-state index contributed by atoms with van der Waals surface area (Å²) in [7, 11) is -3.75. The molecule has 0 saturated heterocycles. The average molecular weight is 545 g/mol. The summed E-state index contributed by atoms with van der Waals surface area (Å²) in [4.78, 5) is 27.4. The molecule has 32 heavy (non-hydrogen) atoms. The SMILES string of the molecule is CC(C)NC(=O)[C@@H](C)N(Cc1ccc(Cl)cc1)C(=O)CN(c1ccc(Br)cc1)S(C)(=O)=O. The molecule has 0 radical (unpaired) electrons. The molecular weight excluding hydrogens is 518 g/mol. The molecule has 0 fully saturated rings. The highest BCUT2D eigenvalue weighted by molar-refractivity contribution is 9.10. The number of halogens is 2. The number of hydrogen-bond acceptors (Lipinski definition) is 4. The number of anilines is 1. The van der Waals surface area contributed by atoms with E-state index in [1.165, 1.54) is 4.90 Å². The van der Waals surface area contributed by atoms with Crippen LogP contribution < -0.4 is 9.62 Å². The molecule has 0 aliphatic carbocycles. The number of rotatable bonds is 9. The van der Waals surface area contributed by atoms with Gasteiger partial charge in [0.1, 0.15) is 12.6 Å². The molecule has 0 saturated carbocycles. The quantitative estimate of drug-likeness (QED) is 0.520. The van der Waals surface area contributed by atoms with Crippen molar-refractivity contribution >= 4 is 55.1 Å². The first-order valence-electron chi connectivity index (χ1n) is 9.96. The fraction of sp³-hybridized carbons (Fsp3) is 0.364. The van der Waals surface area contributed by atoms with E-state index in [2.05, 4.69) is 21.2 Å². The van der Waals surface area contributed by atoms with Crippen LogP contribution in [0.4, 0.5) is 5.69 Å².